The Morgan fingerprint density at radius 2 is 2.29 bits per heavy atom. The standard InChI is InChI=1S/C14H19N3O3S/c1-16-9-12-5-6-17(10-12)21(18,19)14-4-3-11(8-15)7-13(14)20-2/h3-4,7,12,16H,5-6,9-10H2,1-2H3/t12-/m0/s1. The van der Waals surface area contributed by atoms with Crippen molar-refractivity contribution in [2.45, 2.75) is 11.3 Å². The summed E-state index contributed by atoms with van der Waals surface area (Å²) in [5.74, 6) is 0.542. The first kappa shape index (κ1) is 15.8. The van der Waals surface area contributed by atoms with Crippen molar-refractivity contribution >= 4 is 10.0 Å². The van der Waals surface area contributed by atoms with E-state index in [1.807, 2.05) is 13.1 Å². The number of hydrogen-bond acceptors (Lipinski definition) is 5. The summed E-state index contributed by atoms with van der Waals surface area (Å²) in [6, 6.07) is 6.37. The van der Waals surface area contributed by atoms with E-state index in [2.05, 4.69) is 5.32 Å². The average molecular weight is 309 g/mol. The van der Waals surface area contributed by atoms with Gasteiger partial charge in [0.15, 0.2) is 0 Å². The summed E-state index contributed by atoms with van der Waals surface area (Å²) >= 11 is 0. The molecule has 1 heterocycles. The second-order valence-electron chi connectivity index (χ2n) is 5.05. The molecule has 0 aromatic heterocycles. The van der Waals surface area contributed by atoms with E-state index in [1.54, 1.807) is 0 Å². The van der Waals surface area contributed by atoms with Crippen molar-refractivity contribution in [1.82, 2.24) is 9.62 Å². The van der Waals surface area contributed by atoms with E-state index in [4.69, 9.17) is 10.00 Å². The van der Waals surface area contributed by atoms with E-state index < -0.39 is 10.0 Å². The molecule has 6 nitrogen and oxygen atoms in total. The molecule has 1 aromatic rings. The van der Waals surface area contributed by atoms with Gasteiger partial charge in [-0.2, -0.15) is 9.57 Å². The van der Waals surface area contributed by atoms with Gasteiger partial charge in [0.1, 0.15) is 10.6 Å². The lowest BCUT2D eigenvalue weighted by atomic mass is 10.1. The number of methoxy groups -OCH3 is 1. The zero-order valence-electron chi connectivity index (χ0n) is 12.2. The van der Waals surface area contributed by atoms with Gasteiger partial charge in [-0.25, -0.2) is 8.42 Å². The van der Waals surface area contributed by atoms with Crippen LogP contribution in [0.2, 0.25) is 0 Å². The fourth-order valence-electron chi connectivity index (χ4n) is 2.56. The highest BCUT2D eigenvalue weighted by molar-refractivity contribution is 7.89. The van der Waals surface area contributed by atoms with Crippen LogP contribution in [0.4, 0.5) is 0 Å². The quantitative estimate of drug-likeness (QED) is 0.870. The third-order valence-corrected chi connectivity index (χ3v) is 5.56. The number of nitrogens with zero attached hydrogens (tertiary/aromatic N) is 2. The van der Waals surface area contributed by atoms with Gasteiger partial charge in [0.05, 0.1) is 18.7 Å². The smallest absolute Gasteiger partial charge is 0.246 e. The van der Waals surface area contributed by atoms with Crippen molar-refractivity contribution in [3.05, 3.63) is 23.8 Å². The third-order valence-electron chi connectivity index (χ3n) is 3.65. The highest BCUT2D eigenvalue weighted by Gasteiger charge is 2.34. The first-order chi connectivity index (χ1) is 10.0. The molecule has 1 aliphatic heterocycles. The lowest BCUT2D eigenvalue weighted by Gasteiger charge is -2.18. The van der Waals surface area contributed by atoms with Gasteiger partial charge >= 0.3 is 0 Å². The second-order valence-corrected chi connectivity index (χ2v) is 6.96. The first-order valence-corrected chi connectivity index (χ1v) is 8.19. The molecule has 114 valence electrons. The molecule has 1 N–H and O–H groups in total. The molecule has 0 unspecified atom stereocenters. The zero-order chi connectivity index (χ0) is 15.5. The fraction of sp³-hybridized carbons (Fsp3) is 0.500. The van der Waals surface area contributed by atoms with Crippen LogP contribution in [0, 0.1) is 17.2 Å². The Labute approximate surface area is 125 Å². The monoisotopic (exact) mass is 309 g/mol. The number of nitrogens with one attached hydrogen (secondary N) is 1. The molecule has 7 heteroatoms. The molecule has 1 fully saturated rings. The molecule has 0 aliphatic carbocycles. The topological polar surface area (TPSA) is 82.4 Å². The van der Waals surface area contributed by atoms with E-state index in [0.29, 0.717) is 24.6 Å². The van der Waals surface area contributed by atoms with E-state index in [-0.39, 0.29) is 10.6 Å². The van der Waals surface area contributed by atoms with Crippen molar-refractivity contribution < 1.29 is 13.2 Å². The third kappa shape index (κ3) is 3.18. The van der Waals surface area contributed by atoms with Gasteiger partial charge in [0.2, 0.25) is 10.0 Å². The summed E-state index contributed by atoms with van der Waals surface area (Å²) in [7, 11) is -0.319. The zero-order valence-corrected chi connectivity index (χ0v) is 13.0. The van der Waals surface area contributed by atoms with Crippen LogP contribution < -0.4 is 10.1 Å². The van der Waals surface area contributed by atoms with Crippen molar-refractivity contribution in [3.8, 4) is 11.8 Å². The van der Waals surface area contributed by atoms with Gasteiger partial charge in [-0.1, -0.05) is 0 Å². The van der Waals surface area contributed by atoms with Gasteiger partial charge in [-0.05, 0) is 44.1 Å². The van der Waals surface area contributed by atoms with Gasteiger partial charge in [0, 0.05) is 13.1 Å². The molecule has 0 amide bonds. The normalized spacial score (nSPS) is 19.4. The van der Waals surface area contributed by atoms with E-state index in [1.165, 1.54) is 29.6 Å². The molecule has 21 heavy (non-hydrogen) atoms. The highest BCUT2D eigenvalue weighted by Crippen LogP contribution is 2.30. The minimum atomic E-state index is -3.59. The summed E-state index contributed by atoms with van der Waals surface area (Å²) in [5, 5.41) is 12.0. The molecule has 2 rings (SSSR count). The van der Waals surface area contributed by atoms with Gasteiger partial charge < -0.3 is 10.1 Å². The molecule has 0 saturated carbocycles. The van der Waals surface area contributed by atoms with Crippen molar-refractivity contribution in [1.29, 1.82) is 5.26 Å². The van der Waals surface area contributed by atoms with Crippen molar-refractivity contribution in [2.75, 3.05) is 33.8 Å². The molecular weight excluding hydrogens is 290 g/mol. The van der Waals surface area contributed by atoms with Crippen LogP contribution in [0.3, 0.4) is 0 Å². The Balaban J connectivity index is 2.30. The summed E-state index contributed by atoms with van der Waals surface area (Å²) < 4.78 is 32.0. The van der Waals surface area contributed by atoms with Crippen LogP contribution in [0.15, 0.2) is 23.1 Å². The Hall–Kier alpha value is -1.62. The molecule has 1 aliphatic rings. The summed E-state index contributed by atoms with van der Waals surface area (Å²) in [5.41, 5.74) is 0.375. The summed E-state index contributed by atoms with van der Waals surface area (Å²) in [6.45, 7) is 1.82. The molecule has 0 radical (unpaired) electrons. The number of sulfonamides is 1. The Morgan fingerprint density at radius 3 is 2.90 bits per heavy atom. The van der Waals surface area contributed by atoms with Crippen LogP contribution in [-0.4, -0.2) is 46.5 Å². The number of benzene rings is 1. The minimum Gasteiger partial charge on any atom is -0.495 e. The number of hydrogen-bond donors (Lipinski definition) is 1. The Morgan fingerprint density at radius 1 is 1.52 bits per heavy atom. The largest absolute Gasteiger partial charge is 0.495 e. The second kappa shape index (κ2) is 6.43. The predicted molar refractivity (Wildman–Crippen MR) is 78.5 cm³/mol. The molecule has 1 saturated heterocycles. The van der Waals surface area contributed by atoms with Crippen LogP contribution >= 0.6 is 0 Å². The summed E-state index contributed by atoms with van der Waals surface area (Å²) in [4.78, 5) is 0.120. The van der Waals surface area contributed by atoms with E-state index in [9.17, 15) is 8.42 Å². The van der Waals surface area contributed by atoms with Gasteiger partial charge in [0.25, 0.3) is 0 Å². The Bertz CT molecular complexity index is 652. The van der Waals surface area contributed by atoms with Gasteiger partial charge in [-0.15, -0.1) is 0 Å². The minimum absolute atomic E-state index is 0.120. The average Bonchev–Trinajstić information content (AvgIpc) is 2.96. The SMILES string of the molecule is CNC[C@@H]1CCN(S(=O)(=O)c2ccc(C#N)cc2OC)C1. The first-order valence-electron chi connectivity index (χ1n) is 6.75. The van der Waals surface area contributed by atoms with E-state index >= 15 is 0 Å². The fourth-order valence-corrected chi connectivity index (χ4v) is 4.23. The van der Waals surface area contributed by atoms with Crippen LogP contribution in [-0.2, 0) is 10.0 Å². The Kier molecular flexibility index (Phi) is 4.83. The summed E-state index contributed by atoms with van der Waals surface area (Å²) in [6.07, 6.45) is 0.846. The number of ether oxygens (including phenoxy) is 1. The predicted octanol–water partition coefficient (Wildman–Crippen LogP) is 0.797. The van der Waals surface area contributed by atoms with Crippen molar-refractivity contribution in [2.24, 2.45) is 5.92 Å². The van der Waals surface area contributed by atoms with E-state index in [0.717, 1.165) is 13.0 Å². The van der Waals surface area contributed by atoms with Crippen LogP contribution in [0.1, 0.15) is 12.0 Å². The maximum Gasteiger partial charge on any atom is 0.246 e. The molecule has 1 aromatic carbocycles. The van der Waals surface area contributed by atoms with Gasteiger partial charge in [-0.3, -0.25) is 0 Å². The molecule has 1 atom stereocenters. The number of rotatable bonds is 5. The maximum absolute atomic E-state index is 12.7. The van der Waals surface area contributed by atoms with Crippen LogP contribution in [0.25, 0.3) is 0 Å². The molecular formula is C14H19N3O3S. The molecule has 0 bridgehead atoms. The molecule has 0 spiro atoms. The highest BCUT2D eigenvalue weighted by atomic mass is 32.2. The van der Waals surface area contributed by atoms with Crippen LogP contribution in [0.5, 0.6) is 5.75 Å². The number of nitriles is 1. The maximum atomic E-state index is 12.7. The lowest BCUT2D eigenvalue weighted by Crippen LogP contribution is -2.30. The lowest BCUT2D eigenvalue weighted by molar-refractivity contribution is 0.397. The van der Waals surface area contributed by atoms with Crippen molar-refractivity contribution in [3.63, 3.8) is 0 Å².